The van der Waals surface area contributed by atoms with E-state index in [2.05, 4.69) is 10.3 Å². The Morgan fingerprint density at radius 3 is 2.94 bits per heavy atom. The summed E-state index contributed by atoms with van der Waals surface area (Å²) in [6, 6.07) is 5.89. The second kappa shape index (κ2) is 5.21. The summed E-state index contributed by atoms with van der Waals surface area (Å²) in [5.41, 5.74) is 2.93. The molecule has 0 fully saturated rings. The lowest BCUT2D eigenvalue weighted by atomic mass is 10.1. The average Bonchev–Trinajstić information content (AvgIpc) is 2.61. The Labute approximate surface area is 107 Å². The number of pyridine rings is 1. The maximum Gasteiger partial charge on any atom is 0.220 e. The zero-order valence-electron chi connectivity index (χ0n) is 11.1. The summed E-state index contributed by atoms with van der Waals surface area (Å²) in [5, 5.41) is 2.95. The first-order valence-electron chi connectivity index (χ1n) is 6.27. The number of nitrogens with one attached hydrogen (secondary N) is 1. The number of amides is 1. The van der Waals surface area contributed by atoms with Gasteiger partial charge in [0, 0.05) is 12.6 Å². The van der Waals surface area contributed by atoms with E-state index in [0.29, 0.717) is 18.9 Å². The largest absolute Gasteiger partial charge is 0.350 e. The highest BCUT2D eigenvalue weighted by molar-refractivity contribution is 5.76. The van der Waals surface area contributed by atoms with Gasteiger partial charge < -0.3 is 9.72 Å². The molecule has 0 radical (unpaired) electrons. The summed E-state index contributed by atoms with van der Waals surface area (Å²) in [6.07, 6.45) is 2.54. The van der Waals surface area contributed by atoms with E-state index in [0.717, 1.165) is 17.0 Å². The SMILES string of the molecule is Cc1nc2ccccn2c1CNC(=O)CC(C)C. The fraction of sp³-hybridized carbons (Fsp3) is 0.429. The number of fused-ring (bicyclic) bond motifs is 1. The van der Waals surface area contributed by atoms with E-state index in [-0.39, 0.29) is 5.91 Å². The molecule has 4 heteroatoms. The molecule has 96 valence electrons. The lowest BCUT2D eigenvalue weighted by molar-refractivity contribution is -0.121. The third-order valence-corrected chi connectivity index (χ3v) is 2.88. The normalized spacial score (nSPS) is 11.1. The Morgan fingerprint density at radius 1 is 1.44 bits per heavy atom. The van der Waals surface area contributed by atoms with Crippen molar-refractivity contribution in [1.82, 2.24) is 14.7 Å². The van der Waals surface area contributed by atoms with Gasteiger partial charge in [-0.15, -0.1) is 0 Å². The van der Waals surface area contributed by atoms with Crippen molar-refractivity contribution < 1.29 is 4.79 Å². The summed E-state index contributed by atoms with van der Waals surface area (Å²) >= 11 is 0. The predicted molar refractivity (Wildman–Crippen MR) is 71.2 cm³/mol. The van der Waals surface area contributed by atoms with E-state index in [4.69, 9.17) is 0 Å². The molecule has 4 nitrogen and oxygen atoms in total. The highest BCUT2D eigenvalue weighted by atomic mass is 16.1. The molecule has 0 bridgehead atoms. The van der Waals surface area contributed by atoms with E-state index in [9.17, 15) is 4.79 Å². The Balaban J connectivity index is 2.12. The van der Waals surface area contributed by atoms with Crippen LogP contribution in [0, 0.1) is 12.8 Å². The quantitative estimate of drug-likeness (QED) is 0.898. The van der Waals surface area contributed by atoms with Crippen molar-refractivity contribution in [1.29, 1.82) is 0 Å². The van der Waals surface area contributed by atoms with Gasteiger partial charge in [-0.05, 0) is 25.0 Å². The van der Waals surface area contributed by atoms with Crippen molar-refractivity contribution >= 4 is 11.6 Å². The maximum absolute atomic E-state index is 11.7. The fourth-order valence-electron chi connectivity index (χ4n) is 2.00. The van der Waals surface area contributed by atoms with E-state index < -0.39 is 0 Å². The minimum atomic E-state index is 0.0929. The molecular formula is C14H19N3O. The lowest BCUT2D eigenvalue weighted by Crippen LogP contribution is -2.24. The van der Waals surface area contributed by atoms with Crippen LogP contribution in [0.2, 0.25) is 0 Å². The number of hydrogen-bond acceptors (Lipinski definition) is 2. The van der Waals surface area contributed by atoms with E-state index in [1.807, 2.05) is 49.6 Å². The molecule has 18 heavy (non-hydrogen) atoms. The van der Waals surface area contributed by atoms with Gasteiger partial charge in [0.05, 0.1) is 17.9 Å². The second-order valence-corrected chi connectivity index (χ2v) is 4.95. The monoisotopic (exact) mass is 245 g/mol. The molecule has 1 N–H and O–H groups in total. The van der Waals surface area contributed by atoms with Crippen LogP contribution in [-0.4, -0.2) is 15.3 Å². The Morgan fingerprint density at radius 2 is 2.22 bits per heavy atom. The Bertz CT molecular complexity index is 557. The number of aromatic nitrogens is 2. The molecule has 2 aromatic heterocycles. The van der Waals surface area contributed by atoms with Crippen LogP contribution in [0.1, 0.15) is 31.7 Å². The number of rotatable bonds is 4. The number of carbonyl (C=O) groups excluding carboxylic acids is 1. The average molecular weight is 245 g/mol. The summed E-state index contributed by atoms with van der Waals surface area (Å²) in [5.74, 6) is 0.476. The predicted octanol–water partition coefficient (Wildman–Crippen LogP) is 2.31. The van der Waals surface area contributed by atoms with Crippen LogP contribution in [0.15, 0.2) is 24.4 Å². The summed E-state index contributed by atoms with van der Waals surface area (Å²) in [7, 11) is 0. The van der Waals surface area contributed by atoms with Crippen molar-refractivity contribution in [2.45, 2.75) is 33.7 Å². The van der Waals surface area contributed by atoms with Gasteiger partial charge in [0.1, 0.15) is 5.65 Å². The van der Waals surface area contributed by atoms with Crippen molar-refractivity contribution in [2.75, 3.05) is 0 Å². The second-order valence-electron chi connectivity index (χ2n) is 4.95. The molecule has 0 spiro atoms. The summed E-state index contributed by atoms with van der Waals surface area (Å²) in [4.78, 5) is 16.1. The van der Waals surface area contributed by atoms with Gasteiger partial charge in [-0.25, -0.2) is 4.98 Å². The van der Waals surface area contributed by atoms with Crippen molar-refractivity contribution in [2.24, 2.45) is 5.92 Å². The smallest absolute Gasteiger partial charge is 0.220 e. The number of nitrogens with zero attached hydrogens (tertiary/aromatic N) is 2. The van der Waals surface area contributed by atoms with E-state index in [1.165, 1.54) is 0 Å². The minimum absolute atomic E-state index is 0.0929. The topological polar surface area (TPSA) is 46.4 Å². The number of carbonyl (C=O) groups is 1. The van der Waals surface area contributed by atoms with Crippen LogP contribution in [0.25, 0.3) is 5.65 Å². The van der Waals surface area contributed by atoms with E-state index in [1.54, 1.807) is 0 Å². The van der Waals surface area contributed by atoms with Crippen molar-refractivity contribution in [3.05, 3.63) is 35.8 Å². The minimum Gasteiger partial charge on any atom is -0.350 e. The molecule has 2 rings (SSSR count). The highest BCUT2D eigenvalue weighted by Crippen LogP contribution is 2.11. The number of aryl methyl sites for hydroxylation is 1. The maximum atomic E-state index is 11.7. The van der Waals surface area contributed by atoms with Gasteiger partial charge in [-0.1, -0.05) is 19.9 Å². The van der Waals surface area contributed by atoms with Gasteiger partial charge in [0.25, 0.3) is 0 Å². The number of imidazole rings is 1. The van der Waals surface area contributed by atoms with Crippen molar-refractivity contribution in [3.63, 3.8) is 0 Å². The molecule has 0 aliphatic rings. The molecule has 2 aromatic rings. The molecule has 0 atom stereocenters. The van der Waals surface area contributed by atoms with Crippen LogP contribution in [-0.2, 0) is 11.3 Å². The lowest BCUT2D eigenvalue weighted by Gasteiger charge is -2.07. The molecule has 0 aliphatic carbocycles. The molecular weight excluding hydrogens is 226 g/mol. The third kappa shape index (κ3) is 2.70. The van der Waals surface area contributed by atoms with E-state index >= 15 is 0 Å². The van der Waals surface area contributed by atoms with Gasteiger partial charge in [0.2, 0.25) is 5.91 Å². The molecule has 0 aliphatic heterocycles. The molecule has 0 unspecified atom stereocenters. The zero-order valence-corrected chi connectivity index (χ0v) is 11.1. The number of hydrogen-bond donors (Lipinski definition) is 1. The van der Waals surface area contributed by atoms with Gasteiger partial charge in [-0.2, -0.15) is 0 Å². The fourth-order valence-corrected chi connectivity index (χ4v) is 2.00. The Hall–Kier alpha value is -1.84. The summed E-state index contributed by atoms with van der Waals surface area (Å²) < 4.78 is 2.02. The van der Waals surface area contributed by atoms with Crippen LogP contribution < -0.4 is 5.32 Å². The van der Waals surface area contributed by atoms with Gasteiger partial charge >= 0.3 is 0 Å². The van der Waals surface area contributed by atoms with Gasteiger partial charge in [-0.3, -0.25) is 4.79 Å². The Kier molecular flexibility index (Phi) is 3.65. The highest BCUT2D eigenvalue weighted by Gasteiger charge is 2.10. The van der Waals surface area contributed by atoms with Crippen LogP contribution in [0.3, 0.4) is 0 Å². The first-order chi connectivity index (χ1) is 8.58. The third-order valence-electron chi connectivity index (χ3n) is 2.88. The zero-order chi connectivity index (χ0) is 13.1. The summed E-state index contributed by atoms with van der Waals surface area (Å²) in [6.45, 7) is 6.58. The molecule has 1 amide bonds. The van der Waals surface area contributed by atoms with Crippen LogP contribution in [0.5, 0.6) is 0 Å². The molecule has 0 saturated carbocycles. The van der Waals surface area contributed by atoms with Gasteiger partial charge in [0.15, 0.2) is 0 Å². The molecule has 2 heterocycles. The van der Waals surface area contributed by atoms with Crippen LogP contribution in [0.4, 0.5) is 0 Å². The standard InChI is InChI=1S/C14H19N3O/c1-10(2)8-14(18)15-9-12-11(3)16-13-6-4-5-7-17(12)13/h4-7,10H,8-9H2,1-3H3,(H,15,18). The molecule has 0 saturated heterocycles. The van der Waals surface area contributed by atoms with Crippen molar-refractivity contribution in [3.8, 4) is 0 Å². The molecule has 0 aromatic carbocycles. The van der Waals surface area contributed by atoms with Crippen LogP contribution >= 0.6 is 0 Å². The first kappa shape index (κ1) is 12.6. The first-order valence-corrected chi connectivity index (χ1v) is 6.27.